The Morgan fingerprint density at radius 1 is 1.38 bits per heavy atom. The van der Waals surface area contributed by atoms with Gasteiger partial charge in [0.1, 0.15) is 11.8 Å². The number of H-pyrrole nitrogens is 1. The summed E-state index contributed by atoms with van der Waals surface area (Å²) in [5.41, 5.74) is 6.11. The number of hydrogen-bond acceptors (Lipinski definition) is 7. The Balaban J connectivity index is 2.71. The Bertz CT molecular complexity index is 620. The number of nitrogens with zero attached hydrogens (tertiary/aromatic N) is 1. The molecule has 144 valence electrons. The van der Waals surface area contributed by atoms with E-state index in [-0.39, 0.29) is 23.1 Å². The quantitative estimate of drug-likeness (QED) is 0.396. The summed E-state index contributed by atoms with van der Waals surface area (Å²) in [6.07, 6.45) is 4.28. The maximum absolute atomic E-state index is 12.5. The SMILES string of the molecule is CC(=O)NC(CSC(=O)[C@@H](CC(=O)CCCN)Cc1cnc[nH]1)C(=O)O. The largest absolute Gasteiger partial charge is 0.480 e. The second kappa shape index (κ2) is 11.4. The summed E-state index contributed by atoms with van der Waals surface area (Å²) in [5, 5.41) is 11.1. The first-order chi connectivity index (χ1) is 12.3. The molecule has 0 aliphatic heterocycles. The van der Waals surface area contributed by atoms with Crippen LogP contribution in [0.25, 0.3) is 0 Å². The monoisotopic (exact) mass is 384 g/mol. The van der Waals surface area contributed by atoms with Crippen molar-refractivity contribution in [1.82, 2.24) is 15.3 Å². The van der Waals surface area contributed by atoms with Crippen LogP contribution in [0.5, 0.6) is 0 Å². The molecule has 0 saturated heterocycles. The van der Waals surface area contributed by atoms with E-state index in [1.807, 2.05) is 0 Å². The summed E-state index contributed by atoms with van der Waals surface area (Å²) >= 11 is 0.805. The third-order valence-electron chi connectivity index (χ3n) is 3.56. The molecule has 0 fully saturated rings. The van der Waals surface area contributed by atoms with E-state index in [0.717, 1.165) is 11.8 Å². The minimum absolute atomic E-state index is 0.0583. The van der Waals surface area contributed by atoms with Gasteiger partial charge in [0, 0.05) is 49.7 Å². The minimum atomic E-state index is -1.22. The van der Waals surface area contributed by atoms with Crippen molar-refractivity contribution in [3.63, 3.8) is 0 Å². The van der Waals surface area contributed by atoms with Gasteiger partial charge in [-0.3, -0.25) is 14.4 Å². The predicted molar refractivity (Wildman–Crippen MR) is 96.4 cm³/mol. The number of ketones is 1. The Morgan fingerprint density at radius 2 is 2.12 bits per heavy atom. The van der Waals surface area contributed by atoms with Gasteiger partial charge in [-0.2, -0.15) is 0 Å². The number of imidazole rings is 1. The van der Waals surface area contributed by atoms with Crippen LogP contribution in [0.2, 0.25) is 0 Å². The zero-order chi connectivity index (χ0) is 19.5. The van der Waals surface area contributed by atoms with Gasteiger partial charge in [-0.1, -0.05) is 11.8 Å². The van der Waals surface area contributed by atoms with Gasteiger partial charge in [0.25, 0.3) is 0 Å². The Labute approximate surface area is 155 Å². The standard InChI is InChI=1S/C16H24N4O5S/c1-10(21)20-14(15(23)24)8-26-16(25)11(5-12-7-18-9-19-12)6-13(22)3-2-4-17/h7,9,11,14H,2-6,8,17H2,1H3,(H,18,19)(H,20,21)(H,23,24)/t11-,14?/m1/s1. The molecule has 1 aromatic rings. The summed E-state index contributed by atoms with van der Waals surface area (Å²) in [5.74, 6) is -2.48. The molecule has 1 heterocycles. The Morgan fingerprint density at radius 3 is 2.65 bits per heavy atom. The molecule has 0 bridgehead atoms. The number of amides is 1. The predicted octanol–water partition coefficient (Wildman–Crippen LogP) is 0.116. The maximum Gasteiger partial charge on any atom is 0.327 e. The summed E-state index contributed by atoms with van der Waals surface area (Å²) in [4.78, 5) is 53.6. The summed E-state index contributed by atoms with van der Waals surface area (Å²) in [7, 11) is 0. The Kier molecular flexibility index (Phi) is 9.60. The van der Waals surface area contributed by atoms with Crippen molar-refractivity contribution in [2.75, 3.05) is 12.3 Å². The van der Waals surface area contributed by atoms with Gasteiger partial charge in [0.15, 0.2) is 5.12 Å². The highest BCUT2D eigenvalue weighted by molar-refractivity contribution is 8.13. The number of carboxylic acids is 1. The van der Waals surface area contributed by atoms with Crippen molar-refractivity contribution < 1.29 is 24.3 Å². The lowest BCUT2D eigenvalue weighted by Gasteiger charge is -2.16. The zero-order valence-corrected chi connectivity index (χ0v) is 15.4. The summed E-state index contributed by atoms with van der Waals surface area (Å²) in [6, 6.07) is -1.16. The Hall–Kier alpha value is -2.20. The van der Waals surface area contributed by atoms with Crippen LogP contribution in [0.3, 0.4) is 0 Å². The molecule has 0 spiro atoms. The number of carbonyl (C=O) groups excluding carboxylic acids is 3. The lowest BCUT2D eigenvalue weighted by atomic mass is 9.96. The molecule has 0 radical (unpaired) electrons. The van der Waals surface area contributed by atoms with Crippen LogP contribution < -0.4 is 11.1 Å². The summed E-state index contributed by atoms with van der Waals surface area (Å²) < 4.78 is 0. The number of Topliss-reactive ketones (excluding diaryl/α,β-unsaturated/α-hetero) is 1. The molecule has 2 atom stereocenters. The number of nitrogens with two attached hydrogens (primary N) is 1. The van der Waals surface area contributed by atoms with E-state index >= 15 is 0 Å². The molecular formula is C16H24N4O5S. The molecule has 0 aliphatic rings. The molecule has 0 saturated carbocycles. The second-order valence-corrected chi connectivity index (χ2v) is 6.86. The number of aliphatic carboxylic acids is 1. The van der Waals surface area contributed by atoms with E-state index in [1.165, 1.54) is 13.3 Å². The number of carbonyl (C=O) groups is 4. The van der Waals surface area contributed by atoms with Crippen LogP contribution in [0.1, 0.15) is 31.9 Å². The number of hydrogen-bond donors (Lipinski definition) is 4. The van der Waals surface area contributed by atoms with Crippen LogP contribution in [0.15, 0.2) is 12.5 Å². The van der Waals surface area contributed by atoms with Crippen LogP contribution in [0, 0.1) is 5.92 Å². The molecule has 0 aliphatic carbocycles. The van der Waals surface area contributed by atoms with Crippen LogP contribution in [-0.2, 0) is 25.6 Å². The van der Waals surface area contributed by atoms with E-state index < -0.39 is 23.8 Å². The molecule has 0 aromatic carbocycles. The summed E-state index contributed by atoms with van der Waals surface area (Å²) in [6.45, 7) is 1.61. The fourth-order valence-electron chi connectivity index (χ4n) is 2.28. The highest BCUT2D eigenvalue weighted by Gasteiger charge is 2.26. The third-order valence-corrected chi connectivity index (χ3v) is 4.67. The van der Waals surface area contributed by atoms with E-state index in [0.29, 0.717) is 31.5 Å². The average Bonchev–Trinajstić information content (AvgIpc) is 3.08. The van der Waals surface area contributed by atoms with Gasteiger partial charge >= 0.3 is 5.97 Å². The molecule has 1 aromatic heterocycles. The second-order valence-electron chi connectivity index (χ2n) is 5.83. The molecule has 9 nitrogen and oxygen atoms in total. The van der Waals surface area contributed by atoms with Gasteiger partial charge in [0.2, 0.25) is 5.91 Å². The average molecular weight is 384 g/mol. The zero-order valence-electron chi connectivity index (χ0n) is 14.6. The van der Waals surface area contributed by atoms with Crippen molar-refractivity contribution in [3.8, 4) is 0 Å². The van der Waals surface area contributed by atoms with E-state index in [1.54, 1.807) is 6.20 Å². The molecule has 1 rings (SSSR count). The van der Waals surface area contributed by atoms with E-state index in [9.17, 15) is 19.2 Å². The van der Waals surface area contributed by atoms with E-state index in [2.05, 4.69) is 15.3 Å². The molecule has 26 heavy (non-hydrogen) atoms. The lowest BCUT2D eigenvalue weighted by Crippen LogP contribution is -2.41. The number of aromatic amines is 1. The molecule has 1 unspecified atom stereocenters. The fourth-order valence-corrected chi connectivity index (χ4v) is 3.24. The van der Waals surface area contributed by atoms with Gasteiger partial charge in [-0.05, 0) is 13.0 Å². The number of nitrogens with one attached hydrogen (secondary N) is 2. The first kappa shape index (κ1) is 21.8. The first-order valence-corrected chi connectivity index (χ1v) is 9.17. The number of rotatable bonds is 12. The van der Waals surface area contributed by atoms with Crippen molar-refractivity contribution in [2.45, 2.75) is 38.6 Å². The molecule has 5 N–H and O–H groups in total. The maximum atomic E-state index is 12.5. The molecular weight excluding hydrogens is 360 g/mol. The van der Waals surface area contributed by atoms with Crippen molar-refractivity contribution in [2.24, 2.45) is 11.7 Å². The number of aromatic nitrogens is 2. The van der Waals surface area contributed by atoms with Crippen LogP contribution in [-0.4, -0.2) is 56.2 Å². The first-order valence-electron chi connectivity index (χ1n) is 8.19. The molecule has 10 heteroatoms. The van der Waals surface area contributed by atoms with E-state index in [4.69, 9.17) is 10.8 Å². The van der Waals surface area contributed by atoms with Crippen molar-refractivity contribution >= 4 is 34.5 Å². The van der Waals surface area contributed by atoms with Crippen LogP contribution in [0.4, 0.5) is 0 Å². The molecule has 1 amide bonds. The number of thioether (sulfide) groups is 1. The van der Waals surface area contributed by atoms with Gasteiger partial charge in [-0.25, -0.2) is 9.78 Å². The third kappa shape index (κ3) is 8.26. The van der Waals surface area contributed by atoms with Gasteiger partial charge in [-0.15, -0.1) is 0 Å². The number of carboxylic acid groups (broad SMARTS) is 1. The highest BCUT2D eigenvalue weighted by atomic mass is 32.2. The van der Waals surface area contributed by atoms with Crippen molar-refractivity contribution in [3.05, 3.63) is 18.2 Å². The van der Waals surface area contributed by atoms with Crippen LogP contribution >= 0.6 is 11.8 Å². The van der Waals surface area contributed by atoms with Gasteiger partial charge in [0.05, 0.1) is 6.33 Å². The normalized spacial score (nSPS) is 13.0. The highest BCUT2D eigenvalue weighted by Crippen LogP contribution is 2.21. The lowest BCUT2D eigenvalue weighted by molar-refractivity contribution is -0.140. The minimum Gasteiger partial charge on any atom is -0.480 e. The van der Waals surface area contributed by atoms with Gasteiger partial charge < -0.3 is 21.1 Å². The van der Waals surface area contributed by atoms with Crippen molar-refractivity contribution in [1.29, 1.82) is 0 Å². The topological polar surface area (TPSA) is 155 Å². The smallest absolute Gasteiger partial charge is 0.327 e. The fraction of sp³-hybridized carbons (Fsp3) is 0.562.